The summed E-state index contributed by atoms with van der Waals surface area (Å²) in [7, 11) is -2.48. The molecule has 4 rings (SSSR count). The third-order valence-corrected chi connectivity index (χ3v) is 6.66. The first kappa shape index (κ1) is 24.3. The van der Waals surface area contributed by atoms with E-state index in [0.717, 1.165) is 35.1 Å². The number of benzene rings is 2. The van der Waals surface area contributed by atoms with Crippen molar-refractivity contribution in [3.63, 3.8) is 0 Å². The summed E-state index contributed by atoms with van der Waals surface area (Å²) >= 11 is 0. The lowest BCUT2D eigenvalue weighted by atomic mass is 9.87. The third-order valence-electron chi connectivity index (χ3n) is 6.03. The fraction of sp³-hybridized carbons (Fsp3) is 0.280. The number of carbonyl (C=O) groups is 2. The number of hydrogen-bond acceptors (Lipinski definition) is 7. The van der Waals surface area contributed by atoms with Gasteiger partial charge in [-0.3, -0.25) is 14.9 Å². The molecule has 10 heteroatoms. The van der Waals surface area contributed by atoms with E-state index in [1.807, 2.05) is 36.4 Å². The molecular weight excluding hydrogens is 466 g/mol. The van der Waals surface area contributed by atoms with Crippen LogP contribution in [0.25, 0.3) is 0 Å². The van der Waals surface area contributed by atoms with Gasteiger partial charge in [0.15, 0.2) is 0 Å². The quantitative estimate of drug-likeness (QED) is 0.311. The molecule has 9 nitrogen and oxygen atoms in total. The normalized spacial score (nSPS) is 17.8. The van der Waals surface area contributed by atoms with Gasteiger partial charge in [0.2, 0.25) is 0 Å². The van der Waals surface area contributed by atoms with E-state index in [-0.39, 0.29) is 23.6 Å². The largest absolute Gasteiger partial charge is 0.321 e. The molecule has 0 saturated carbocycles. The molecule has 1 amide bonds. The van der Waals surface area contributed by atoms with Gasteiger partial charge in [0, 0.05) is 17.8 Å². The molecule has 0 aliphatic carbocycles. The second-order valence-electron chi connectivity index (χ2n) is 8.43. The van der Waals surface area contributed by atoms with Crippen LogP contribution in [0.2, 0.25) is 0 Å². The van der Waals surface area contributed by atoms with Crippen molar-refractivity contribution in [3.8, 4) is 0 Å². The minimum atomic E-state index is -2.48. The van der Waals surface area contributed by atoms with Crippen molar-refractivity contribution in [3.05, 3.63) is 83.2 Å². The highest BCUT2D eigenvalue weighted by atomic mass is 32.2. The monoisotopic (exact) mass is 493 g/mol. The van der Waals surface area contributed by atoms with Crippen LogP contribution in [0.5, 0.6) is 0 Å². The lowest BCUT2D eigenvalue weighted by Gasteiger charge is -2.35. The number of rotatable bonds is 9. The number of H-pyrrole nitrogens is 1. The molecule has 1 aliphatic heterocycles. The number of nitrogens with one attached hydrogen (secondary N) is 2. The predicted molar refractivity (Wildman–Crippen MR) is 134 cm³/mol. The van der Waals surface area contributed by atoms with Gasteiger partial charge in [-0.25, -0.2) is 8.42 Å². The van der Waals surface area contributed by atoms with Crippen LogP contribution in [0.4, 0.5) is 5.69 Å². The SMILES string of the molecule is CCC1CC(C=O)N(Cc2ccc(NC(=O)c3cc[nH]n3)cc2)N=C1c1ccc(C[SH](=O)=O)cc1. The van der Waals surface area contributed by atoms with E-state index in [1.54, 1.807) is 29.4 Å². The maximum atomic E-state index is 12.2. The van der Waals surface area contributed by atoms with Crippen LogP contribution in [0.3, 0.4) is 0 Å². The molecule has 2 unspecified atom stereocenters. The number of nitrogens with zero attached hydrogens (tertiary/aromatic N) is 3. The van der Waals surface area contributed by atoms with Crippen LogP contribution in [0.1, 0.15) is 46.9 Å². The average molecular weight is 494 g/mol. The highest BCUT2D eigenvalue weighted by molar-refractivity contribution is 7.71. The van der Waals surface area contributed by atoms with Crippen molar-refractivity contribution in [2.75, 3.05) is 5.32 Å². The topological polar surface area (TPSA) is 125 Å². The van der Waals surface area contributed by atoms with Crippen molar-refractivity contribution in [2.24, 2.45) is 11.0 Å². The molecule has 0 spiro atoms. The molecule has 0 fully saturated rings. The first-order valence-corrected chi connectivity index (χ1v) is 12.7. The smallest absolute Gasteiger partial charge is 0.276 e. The van der Waals surface area contributed by atoms with Gasteiger partial charge in [-0.15, -0.1) is 0 Å². The van der Waals surface area contributed by atoms with Crippen molar-refractivity contribution in [1.82, 2.24) is 15.2 Å². The van der Waals surface area contributed by atoms with Crippen LogP contribution in [0, 0.1) is 5.92 Å². The standard InChI is InChI=1S/C25H27N5O4S/c1-2-19-13-22(15-31)30(29-24(19)20-7-3-18(4-8-20)16-35(33)34)14-17-5-9-21(10-6-17)27-25(32)23-11-12-26-28-23/h3-12,15,19,22,35H,2,13-14,16H2,1H3,(H,26,28)(H,27,32). The van der Waals surface area contributed by atoms with E-state index in [1.165, 1.54) is 0 Å². The number of aldehydes is 1. The Hall–Kier alpha value is -3.79. The van der Waals surface area contributed by atoms with Crippen molar-refractivity contribution >= 4 is 34.3 Å². The van der Waals surface area contributed by atoms with E-state index in [9.17, 15) is 18.0 Å². The summed E-state index contributed by atoms with van der Waals surface area (Å²) < 4.78 is 22.0. The second-order valence-corrected chi connectivity index (χ2v) is 9.41. The molecule has 0 saturated heterocycles. The van der Waals surface area contributed by atoms with Gasteiger partial charge in [-0.1, -0.05) is 43.3 Å². The Kier molecular flexibility index (Phi) is 7.71. The van der Waals surface area contributed by atoms with Gasteiger partial charge < -0.3 is 10.1 Å². The summed E-state index contributed by atoms with van der Waals surface area (Å²) in [5, 5.41) is 15.9. The summed E-state index contributed by atoms with van der Waals surface area (Å²) in [6.45, 7) is 2.51. The molecule has 1 aliphatic rings. The predicted octanol–water partition coefficient (Wildman–Crippen LogP) is 2.98. The molecule has 0 radical (unpaired) electrons. The lowest BCUT2D eigenvalue weighted by molar-refractivity contribution is -0.113. The van der Waals surface area contributed by atoms with Crippen LogP contribution in [0.15, 0.2) is 65.9 Å². The molecule has 35 heavy (non-hydrogen) atoms. The number of carbonyl (C=O) groups excluding carboxylic acids is 2. The highest BCUT2D eigenvalue weighted by Gasteiger charge is 2.30. The summed E-state index contributed by atoms with van der Waals surface area (Å²) in [5.41, 5.74) is 4.44. The number of hydrogen-bond donors (Lipinski definition) is 3. The van der Waals surface area contributed by atoms with E-state index in [0.29, 0.717) is 24.3 Å². The van der Waals surface area contributed by atoms with Crippen molar-refractivity contribution < 1.29 is 18.0 Å². The number of anilines is 1. The molecule has 2 atom stereocenters. The Bertz CT molecular complexity index is 1260. The first-order valence-electron chi connectivity index (χ1n) is 11.4. The fourth-order valence-corrected chi connectivity index (χ4v) is 4.65. The maximum absolute atomic E-state index is 12.2. The van der Waals surface area contributed by atoms with Gasteiger partial charge in [0.1, 0.15) is 28.7 Å². The first-order chi connectivity index (χ1) is 17.0. The zero-order chi connectivity index (χ0) is 24.8. The van der Waals surface area contributed by atoms with E-state index < -0.39 is 10.7 Å². The molecule has 2 aromatic carbocycles. The maximum Gasteiger partial charge on any atom is 0.276 e. The van der Waals surface area contributed by atoms with Gasteiger partial charge in [-0.2, -0.15) is 10.2 Å². The Labute approximate surface area is 205 Å². The summed E-state index contributed by atoms with van der Waals surface area (Å²) in [4.78, 5) is 24.1. The second kappa shape index (κ2) is 11.1. The number of thiol groups is 1. The van der Waals surface area contributed by atoms with E-state index in [4.69, 9.17) is 5.10 Å². The van der Waals surface area contributed by atoms with Gasteiger partial charge in [0.05, 0.1) is 18.0 Å². The Morgan fingerprint density at radius 3 is 2.43 bits per heavy atom. The van der Waals surface area contributed by atoms with Crippen molar-refractivity contribution in [2.45, 2.75) is 38.1 Å². The van der Waals surface area contributed by atoms with Crippen LogP contribution < -0.4 is 5.32 Å². The average Bonchev–Trinajstić information content (AvgIpc) is 3.40. The number of amides is 1. The summed E-state index contributed by atoms with van der Waals surface area (Å²) in [5.74, 6) is -0.163. The molecular formula is C25H27N5O4S. The number of aromatic amines is 1. The zero-order valence-electron chi connectivity index (χ0n) is 19.3. The minimum absolute atomic E-state index is 0.0107. The van der Waals surface area contributed by atoms with Crippen LogP contribution >= 0.6 is 0 Å². The lowest BCUT2D eigenvalue weighted by Crippen LogP contribution is -2.41. The third kappa shape index (κ3) is 6.02. The molecule has 2 N–H and O–H groups in total. The molecule has 1 aromatic heterocycles. The van der Waals surface area contributed by atoms with Crippen LogP contribution in [-0.4, -0.2) is 47.6 Å². The Morgan fingerprint density at radius 2 is 1.83 bits per heavy atom. The fourth-order valence-electron chi connectivity index (χ4n) is 4.14. The number of aromatic nitrogens is 2. The Balaban J connectivity index is 1.52. The Morgan fingerprint density at radius 1 is 1.11 bits per heavy atom. The van der Waals surface area contributed by atoms with E-state index >= 15 is 0 Å². The molecule has 2 heterocycles. The molecule has 3 aromatic rings. The number of hydrazone groups is 1. The minimum Gasteiger partial charge on any atom is -0.321 e. The summed E-state index contributed by atoms with van der Waals surface area (Å²) in [6.07, 6.45) is 4.02. The zero-order valence-corrected chi connectivity index (χ0v) is 20.2. The van der Waals surface area contributed by atoms with Gasteiger partial charge >= 0.3 is 0 Å². The molecule has 182 valence electrons. The van der Waals surface area contributed by atoms with Crippen molar-refractivity contribution in [1.29, 1.82) is 0 Å². The van der Waals surface area contributed by atoms with E-state index in [2.05, 4.69) is 22.4 Å². The molecule has 0 bridgehead atoms. The summed E-state index contributed by atoms with van der Waals surface area (Å²) in [6, 6.07) is 16.0. The van der Waals surface area contributed by atoms with Crippen LogP contribution in [-0.2, 0) is 27.8 Å². The van der Waals surface area contributed by atoms with Gasteiger partial charge in [0.25, 0.3) is 5.91 Å². The highest BCUT2D eigenvalue weighted by Crippen LogP contribution is 2.28. The van der Waals surface area contributed by atoms with Gasteiger partial charge in [-0.05, 0) is 47.7 Å².